The van der Waals surface area contributed by atoms with Crippen LogP contribution in [0.5, 0.6) is 0 Å². The molecule has 120 valence electrons. The molecule has 0 aliphatic carbocycles. The number of likely N-dealkylation sites (tertiary alicyclic amines) is 1. The predicted molar refractivity (Wildman–Crippen MR) is 85.8 cm³/mol. The van der Waals surface area contributed by atoms with Crippen molar-refractivity contribution < 1.29 is 9.59 Å². The molecule has 1 aromatic rings. The SMILES string of the molecule is C[C@@H](C(=O)NCc1csc(N2CCCC2)n1)N1CCCC1=O. The van der Waals surface area contributed by atoms with Gasteiger partial charge in [-0.2, -0.15) is 0 Å². The summed E-state index contributed by atoms with van der Waals surface area (Å²) in [4.78, 5) is 32.4. The van der Waals surface area contributed by atoms with E-state index in [4.69, 9.17) is 0 Å². The van der Waals surface area contributed by atoms with Gasteiger partial charge >= 0.3 is 0 Å². The van der Waals surface area contributed by atoms with Gasteiger partial charge in [0, 0.05) is 31.4 Å². The lowest BCUT2D eigenvalue weighted by molar-refractivity contribution is -0.136. The van der Waals surface area contributed by atoms with Crippen molar-refractivity contribution in [3.05, 3.63) is 11.1 Å². The Balaban J connectivity index is 1.51. The monoisotopic (exact) mass is 322 g/mol. The molecule has 0 aromatic carbocycles. The number of amides is 2. The zero-order valence-electron chi connectivity index (χ0n) is 12.9. The molecule has 0 bridgehead atoms. The van der Waals surface area contributed by atoms with E-state index in [0.29, 0.717) is 19.5 Å². The molecule has 0 unspecified atom stereocenters. The molecule has 2 aliphatic rings. The fourth-order valence-electron chi connectivity index (χ4n) is 2.98. The van der Waals surface area contributed by atoms with Gasteiger partial charge in [-0.25, -0.2) is 4.98 Å². The second kappa shape index (κ2) is 6.64. The highest BCUT2D eigenvalue weighted by Gasteiger charge is 2.29. The summed E-state index contributed by atoms with van der Waals surface area (Å²) >= 11 is 1.63. The second-order valence-corrected chi connectivity index (χ2v) is 6.74. The zero-order chi connectivity index (χ0) is 15.5. The zero-order valence-corrected chi connectivity index (χ0v) is 13.7. The largest absolute Gasteiger partial charge is 0.349 e. The van der Waals surface area contributed by atoms with Gasteiger partial charge in [0.25, 0.3) is 0 Å². The van der Waals surface area contributed by atoms with Gasteiger partial charge in [0.05, 0.1) is 12.2 Å². The minimum atomic E-state index is -0.397. The molecular weight excluding hydrogens is 300 g/mol. The Labute approximate surface area is 134 Å². The van der Waals surface area contributed by atoms with E-state index in [1.54, 1.807) is 23.2 Å². The molecule has 0 saturated carbocycles. The van der Waals surface area contributed by atoms with Crippen LogP contribution in [0.2, 0.25) is 0 Å². The predicted octanol–water partition coefficient (Wildman–Crippen LogP) is 1.37. The highest BCUT2D eigenvalue weighted by Crippen LogP contribution is 2.24. The first-order valence-electron chi connectivity index (χ1n) is 7.91. The average Bonchev–Trinajstić information content (AvgIpc) is 3.24. The van der Waals surface area contributed by atoms with Crippen LogP contribution in [-0.2, 0) is 16.1 Å². The Hall–Kier alpha value is -1.63. The molecule has 22 heavy (non-hydrogen) atoms. The van der Waals surface area contributed by atoms with Gasteiger partial charge in [-0.3, -0.25) is 9.59 Å². The van der Waals surface area contributed by atoms with Crippen molar-refractivity contribution in [2.75, 3.05) is 24.5 Å². The van der Waals surface area contributed by atoms with E-state index in [-0.39, 0.29) is 11.8 Å². The van der Waals surface area contributed by atoms with Crippen molar-refractivity contribution in [2.24, 2.45) is 0 Å². The minimum absolute atomic E-state index is 0.0765. The third kappa shape index (κ3) is 3.24. The molecule has 3 rings (SSSR count). The number of nitrogens with zero attached hydrogens (tertiary/aromatic N) is 3. The maximum Gasteiger partial charge on any atom is 0.242 e. The van der Waals surface area contributed by atoms with Crippen LogP contribution in [0.15, 0.2) is 5.38 Å². The summed E-state index contributed by atoms with van der Waals surface area (Å²) in [5.41, 5.74) is 0.889. The van der Waals surface area contributed by atoms with Crippen LogP contribution in [0.3, 0.4) is 0 Å². The first-order valence-corrected chi connectivity index (χ1v) is 8.79. The number of nitrogens with one attached hydrogen (secondary N) is 1. The van der Waals surface area contributed by atoms with E-state index in [1.165, 1.54) is 12.8 Å². The maximum atomic E-state index is 12.2. The van der Waals surface area contributed by atoms with Crippen molar-refractivity contribution in [1.82, 2.24) is 15.2 Å². The molecule has 2 aliphatic heterocycles. The van der Waals surface area contributed by atoms with E-state index < -0.39 is 6.04 Å². The first-order chi connectivity index (χ1) is 10.6. The van der Waals surface area contributed by atoms with Crippen LogP contribution >= 0.6 is 11.3 Å². The molecule has 1 atom stereocenters. The van der Waals surface area contributed by atoms with Crippen molar-refractivity contribution >= 4 is 28.3 Å². The topological polar surface area (TPSA) is 65.5 Å². The quantitative estimate of drug-likeness (QED) is 0.889. The lowest BCUT2D eigenvalue weighted by Crippen LogP contribution is -2.45. The van der Waals surface area contributed by atoms with Crippen LogP contribution in [0.1, 0.15) is 38.3 Å². The molecule has 0 spiro atoms. The average molecular weight is 322 g/mol. The Kier molecular flexibility index (Phi) is 4.61. The molecule has 2 amide bonds. The lowest BCUT2D eigenvalue weighted by Gasteiger charge is -2.23. The number of hydrogen-bond donors (Lipinski definition) is 1. The summed E-state index contributed by atoms with van der Waals surface area (Å²) in [7, 11) is 0. The van der Waals surface area contributed by atoms with Gasteiger partial charge < -0.3 is 15.1 Å². The van der Waals surface area contributed by atoms with Gasteiger partial charge in [-0.1, -0.05) is 0 Å². The van der Waals surface area contributed by atoms with Gasteiger partial charge in [-0.15, -0.1) is 11.3 Å². The normalized spacial score (nSPS) is 19.8. The van der Waals surface area contributed by atoms with Gasteiger partial charge in [0.1, 0.15) is 6.04 Å². The molecular formula is C15H22N4O2S. The maximum absolute atomic E-state index is 12.2. The molecule has 6 nitrogen and oxygen atoms in total. The molecule has 0 radical (unpaired) electrons. The van der Waals surface area contributed by atoms with E-state index >= 15 is 0 Å². The Morgan fingerprint density at radius 1 is 1.36 bits per heavy atom. The number of aromatic nitrogens is 1. The van der Waals surface area contributed by atoms with Gasteiger partial charge in [-0.05, 0) is 26.2 Å². The third-order valence-electron chi connectivity index (χ3n) is 4.32. The summed E-state index contributed by atoms with van der Waals surface area (Å²) in [6.45, 7) is 5.05. The highest BCUT2D eigenvalue weighted by molar-refractivity contribution is 7.13. The van der Waals surface area contributed by atoms with E-state index in [0.717, 1.165) is 30.3 Å². The Morgan fingerprint density at radius 2 is 2.14 bits per heavy atom. The first kappa shape index (κ1) is 15.3. The number of carbonyl (C=O) groups is 2. The number of rotatable bonds is 5. The number of hydrogen-bond acceptors (Lipinski definition) is 5. The van der Waals surface area contributed by atoms with E-state index in [2.05, 4.69) is 15.2 Å². The summed E-state index contributed by atoms with van der Waals surface area (Å²) in [5, 5.41) is 5.94. The Morgan fingerprint density at radius 3 is 2.82 bits per heavy atom. The van der Waals surface area contributed by atoms with Crippen LogP contribution in [0.25, 0.3) is 0 Å². The highest BCUT2D eigenvalue weighted by atomic mass is 32.1. The summed E-state index contributed by atoms with van der Waals surface area (Å²) in [6.07, 6.45) is 3.87. The van der Waals surface area contributed by atoms with Crippen LogP contribution in [0, 0.1) is 0 Å². The van der Waals surface area contributed by atoms with Crippen molar-refractivity contribution in [2.45, 2.75) is 45.2 Å². The lowest BCUT2D eigenvalue weighted by atomic mass is 10.2. The Bertz CT molecular complexity index is 553. The number of thiazole rings is 1. The second-order valence-electron chi connectivity index (χ2n) is 5.90. The van der Waals surface area contributed by atoms with Crippen LogP contribution < -0.4 is 10.2 Å². The van der Waals surface area contributed by atoms with Gasteiger partial charge in [0.15, 0.2) is 5.13 Å². The van der Waals surface area contributed by atoms with Crippen LogP contribution in [-0.4, -0.2) is 47.4 Å². The summed E-state index contributed by atoms with van der Waals surface area (Å²) in [5.74, 6) is -0.0291. The minimum Gasteiger partial charge on any atom is -0.349 e. The van der Waals surface area contributed by atoms with Crippen molar-refractivity contribution in [3.8, 4) is 0 Å². The molecule has 7 heteroatoms. The fraction of sp³-hybridized carbons (Fsp3) is 0.667. The number of anilines is 1. The summed E-state index contributed by atoms with van der Waals surface area (Å²) < 4.78 is 0. The molecule has 1 aromatic heterocycles. The van der Waals surface area contributed by atoms with Crippen molar-refractivity contribution in [1.29, 1.82) is 0 Å². The third-order valence-corrected chi connectivity index (χ3v) is 5.27. The summed E-state index contributed by atoms with van der Waals surface area (Å²) in [6, 6.07) is -0.397. The molecule has 1 N–H and O–H groups in total. The standard InChI is InChI=1S/C15H22N4O2S/c1-11(19-8-4-5-13(19)20)14(21)16-9-12-10-22-15(17-12)18-6-2-3-7-18/h10-11H,2-9H2,1H3,(H,16,21)/t11-/m0/s1. The van der Waals surface area contributed by atoms with Gasteiger partial charge in [0.2, 0.25) is 11.8 Å². The van der Waals surface area contributed by atoms with Crippen LogP contribution in [0.4, 0.5) is 5.13 Å². The van der Waals surface area contributed by atoms with E-state index in [1.807, 2.05) is 5.38 Å². The fourth-order valence-corrected chi connectivity index (χ4v) is 3.86. The van der Waals surface area contributed by atoms with Crippen molar-refractivity contribution in [3.63, 3.8) is 0 Å². The molecule has 2 fully saturated rings. The smallest absolute Gasteiger partial charge is 0.242 e. The number of carbonyl (C=O) groups excluding carboxylic acids is 2. The van der Waals surface area contributed by atoms with E-state index in [9.17, 15) is 9.59 Å². The molecule has 2 saturated heterocycles. The molecule has 3 heterocycles.